The van der Waals surface area contributed by atoms with Crippen molar-refractivity contribution in [1.29, 1.82) is 0 Å². The lowest BCUT2D eigenvalue weighted by atomic mass is 9.84. The molecular formula is C29H27F5N4OS. The van der Waals surface area contributed by atoms with E-state index in [2.05, 4.69) is 22.3 Å². The lowest BCUT2D eigenvalue weighted by molar-refractivity contribution is -0.118. The molecule has 11 heteroatoms. The molecule has 1 aliphatic rings. The summed E-state index contributed by atoms with van der Waals surface area (Å²) in [5, 5.41) is 7.66. The number of hydrogen-bond donors (Lipinski definition) is 1. The largest absolute Gasteiger partial charge is 0.307 e. The smallest absolute Gasteiger partial charge is 0.242 e. The van der Waals surface area contributed by atoms with Crippen LogP contribution in [0, 0.1) is 29.1 Å². The van der Waals surface area contributed by atoms with E-state index in [1.54, 1.807) is 24.4 Å². The van der Waals surface area contributed by atoms with Crippen molar-refractivity contribution >= 4 is 34.4 Å². The van der Waals surface area contributed by atoms with Crippen LogP contribution in [0.4, 0.5) is 27.6 Å². The molecule has 5 rings (SSSR count). The van der Waals surface area contributed by atoms with Crippen LogP contribution in [-0.2, 0) is 11.3 Å². The number of nitrogens with one attached hydrogen (secondary N) is 1. The van der Waals surface area contributed by atoms with E-state index in [0.717, 1.165) is 20.8 Å². The van der Waals surface area contributed by atoms with Gasteiger partial charge in [-0.1, -0.05) is 43.5 Å². The van der Waals surface area contributed by atoms with Crippen molar-refractivity contribution in [2.24, 2.45) is 0 Å². The Bertz CT molecular complexity index is 1490. The number of carbonyl (C=O) groups excluding carboxylic acids is 1. The van der Waals surface area contributed by atoms with Gasteiger partial charge in [0, 0.05) is 11.1 Å². The third kappa shape index (κ3) is 5.85. The van der Waals surface area contributed by atoms with Gasteiger partial charge in [0.1, 0.15) is 4.90 Å². The molecule has 1 aromatic heterocycles. The first kappa shape index (κ1) is 28.1. The van der Waals surface area contributed by atoms with Crippen LogP contribution in [0.15, 0.2) is 53.6 Å². The van der Waals surface area contributed by atoms with E-state index >= 15 is 0 Å². The Hall–Kier alpha value is -3.44. The number of benzene rings is 3. The third-order valence-corrected chi connectivity index (χ3v) is 8.19. The summed E-state index contributed by atoms with van der Waals surface area (Å²) in [4.78, 5) is 14.0. The predicted octanol–water partition coefficient (Wildman–Crippen LogP) is 7.48. The van der Waals surface area contributed by atoms with E-state index in [1.165, 1.54) is 49.6 Å². The Kier molecular flexibility index (Phi) is 8.41. The quantitative estimate of drug-likeness (QED) is 0.103. The van der Waals surface area contributed by atoms with Crippen LogP contribution < -0.4 is 4.90 Å². The number of carbonyl (C=O) groups is 1. The Morgan fingerprint density at radius 2 is 1.57 bits per heavy atom. The zero-order valence-electron chi connectivity index (χ0n) is 21.7. The number of nitrogens with zero attached hydrogens (tertiary/aromatic N) is 3. The van der Waals surface area contributed by atoms with Crippen molar-refractivity contribution < 1.29 is 26.7 Å². The zero-order chi connectivity index (χ0) is 28.4. The molecule has 1 aliphatic carbocycles. The Morgan fingerprint density at radius 3 is 2.25 bits per heavy atom. The Balaban J connectivity index is 1.37. The third-order valence-electron chi connectivity index (χ3n) is 7.21. The fourth-order valence-corrected chi connectivity index (χ4v) is 5.89. The highest BCUT2D eigenvalue weighted by Crippen LogP contribution is 2.34. The van der Waals surface area contributed by atoms with Gasteiger partial charge in [0.05, 0.1) is 24.8 Å². The average molecular weight is 575 g/mol. The molecule has 0 atom stereocenters. The molecule has 0 aliphatic heterocycles. The molecule has 3 aromatic carbocycles. The Morgan fingerprint density at radius 1 is 0.925 bits per heavy atom. The number of fused-ring (bicyclic) bond motifs is 1. The van der Waals surface area contributed by atoms with Gasteiger partial charge in [-0.2, -0.15) is 5.10 Å². The highest BCUT2D eigenvalue weighted by atomic mass is 32.2. The SMILES string of the molecule is CN(CC(=O)N(Cc1ccc(C2CCCCC2)cc1)c1ccc2[nH]ncc2c1)Sc1c(F)c(F)c(F)c(F)c1F. The number of rotatable bonds is 8. The van der Waals surface area contributed by atoms with Crippen LogP contribution in [0.3, 0.4) is 0 Å². The topological polar surface area (TPSA) is 52.2 Å². The molecule has 0 spiro atoms. The molecule has 0 bridgehead atoms. The molecule has 5 nitrogen and oxygen atoms in total. The summed E-state index contributed by atoms with van der Waals surface area (Å²) in [5.41, 5.74) is 3.52. The van der Waals surface area contributed by atoms with E-state index in [0.29, 0.717) is 11.6 Å². The summed E-state index contributed by atoms with van der Waals surface area (Å²) in [6, 6.07) is 13.5. The predicted molar refractivity (Wildman–Crippen MR) is 144 cm³/mol. The summed E-state index contributed by atoms with van der Waals surface area (Å²) in [6.07, 6.45) is 7.68. The number of halogens is 5. The van der Waals surface area contributed by atoms with Crippen molar-refractivity contribution in [3.05, 3.63) is 88.9 Å². The molecule has 210 valence electrons. The van der Waals surface area contributed by atoms with Crippen molar-refractivity contribution in [3.63, 3.8) is 0 Å². The lowest BCUT2D eigenvalue weighted by Gasteiger charge is -2.26. The van der Waals surface area contributed by atoms with E-state index in [9.17, 15) is 26.7 Å². The van der Waals surface area contributed by atoms with Gasteiger partial charge in [0.2, 0.25) is 11.7 Å². The first-order valence-electron chi connectivity index (χ1n) is 13.0. The van der Waals surface area contributed by atoms with Gasteiger partial charge in [-0.05, 0) is 67.1 Å². The van der Waals surface area contributed by atoms with Crippen LogP contribution in [0.25, 0.3) is 10.9 Å². The van der Waals surface area contributed by atoms with E-state index in [4.69, 9.17) is 0 Å². The van der Waals surface area contributed by atoms with Crippen LogP contribution >= 0.6 is 11.9 Å². The van der Waals surface area contributed by atoms with Crippen molar-refractivity contribution in [2.45, 2.75) is 49.5 Å². The normalized spacial score (nSPS) is 14.3. The molecular weight excluding hydrogens is 547 g/mol. The zero-order valence-corrected chi connectivity index (χ0v) is 22.5. The van der Waals surface area contributed by atoms with Gasteiger partial charge >= 0.3 is 0 Å². The maximum atomic E-state index is 14.2. The number of likely N-dealkylation sites (N-methyl/N-ethyl adjacent to an activating group) is 1. The van der Waals surface area contributed by atoms with Crippen LogP contribution in [0.5, 0.6) is 0 Å². The second-order valence-corrected chi connectivity index (χ2v) is 11.2. The van der Waals surface area contributed by atoms with Gasteiger partial charge in [0.25, 0.3) is 0 Å². The van der Waals surface area contributed by atoms with Gasteiger partial charge < -0.3 is 4.90 Å². The molecule has 1 N–H and O–H groups in total. The maximum Gasteiger partial charge on any atom is 0.242 e. The highest BCUT2D eigenvalue weighted by Gasteiger charge is 2.28. The van der Waals surface area contributed by atoms with E-state index in [-0.39, 0.29) is 25.0 Å². The monoisotopic (exact) mass is 574 g/mol. The second kappa shape index (κ2) is 12.0. The maximum absolute atomic E-state index is 14.2. The molecule has 0 radical (unpaired) electrons. The summed E-state index contributed by atoms with van der Waals surface area (Å²) in [6.45, 7) is -0.151. The van der Waals surface area contributed by atoms with Crippen LogP contribution in [0.2, 0.25) is 0 Å². The average Bonchev–Trinajstić information content (AvgIpc) is 3.45. The number of aromatic amines is 1. The molecule has 1 fully saturated rings. The number of aromatic nitrogens is 2. The van der Waals surface area contributed by atoms with Crippen LogP contribution in [0.1, 0.15) is 49.1 Å². The fraction of sp³-hybridized carbons (Fsp3) is 0.310. The number of hydrogen-bond acceptors (Lipinski definition) is 4. The molecule has 0 saturated heterocycles. The number of H-pyrrole nitrogens is 1. The molecule has 1 saturated carbocycles. The summed E-state index contributed by atoms with van der Waals surface area (Å²) < 4.78 is 70.4. The summed E-state index contributed by atoms with van der Waals surface area (Å²) in [7, 11) is 1.34. The Labute approximate surface area is 232 Å². The lowest BCUT2D eigenvalue weighted by Crippen LogP contribution is -2.37. The van der Waals surface area contributed by atoms with Gasteiger partial charge in [-0.3, -0.25) is 9.89 Å². The van der Waals surface area contributed by atoms with Gasteiger partial charge in [-0.25, -0.2) is 26.3 Å². The highest BCUT2D eigenvalue weighted by molar-refractivity contribution is 7.97. The number of anilines is 1. The van der Waals surface area contributed by atoms with E-state index < -0.39 is 39.9 Å². The van der Waals surface area contributed by atoms with Crippen molar-refractivity contribution in [3.8, 4) is 0 Å². The summed E-state index contributed by atoms with van der Waals surface area (Å²) >= 11 is 0.277. The second-order valence-electron chi connectivity index (χ2n) is 9.97. The first-order valence-corrected chi connectivity index (χ1v) is 13.7. The molecule has 4 aromatic rings. The first-order chi connectivity index (χ1) is 19.2. The minimum absolute atomic E-state index is 0.216. The molecule has 40 heavy (non-hydrogen) atoms. The minimum Gasteiger partial charge on any atom is -0.307 e. The fourth-order valence-electron chi connectivity index (χ4n) is 5.06. The van der Waals surface area contributed by atoms with Gasteiger partial charge in [0.15, 0.2) is 23.3 Å². The standard InChI is InChI=1S/C29H27F5N4OS/c1-37(40-29-27(33)25(31)24(30)26(32)28(29)34)16-23(39)38(21-11-12-22-20(13-21)14-35-36-22)15-17-7-9-19(10-8-17)18-5-3-2-4-6-18/h7-14,18H,2-6,15-16H2,1H3,(H,35,36). The molecule has 1 amide bonds. The van der Waals surface area contributed by atoms with Crippen molar-refractivity contribution in [1.82, 2.24) is 14.5 Å². The molecule has 0 unspecified atom stereocenters. The minimum atomic E-state index is -2.23. The van der Waals surface area contributed by atoms with Crippen LogP contribution in [-0.4, -0.2) is 34.0 Å². The van der Waals surface area contributed by atoms with Crippen molar-refractivity contribution in [2.75, 3.05) is 18.5 Å². The van der Waals surface area contributed by atoms with E-state index in [1.807, 2.05) is 12.1 Å². The molecule has 1 heterocycles. The number of amides is 1. The van der Waals surface area contributed by atoms with Gasteiger partial charge in [-0.15, -0.1) is 0 Å². The summed E-state index contributed by atoms with van der Waals surface area (Å²) in [5.74, 6) is -10.1.